The van der Waals surface area contributed by atoms with Crippen LogP contribution in [0.3, 0.4) is 0 Å². The van der Waals surface area contributed by atoms with Gasteiger partial charge in [-0.2, -0.15) is 9.40 Å². The summed E-state index contributed by atoms with van der Waals surface area (Å²) in [6.07, 6.45) is 4.69. The fourth-order valence-corrected chi connectivity index (χ4v) is 3.73. The maximum absolute atomic E-state index is 12.3. The molecule has 0 aliphatic carbocycles. The Labute approximate surface area is 108 Å². The fourth-order valence-electron chi connectivity index (χ4n) is 2.27. The average Bonchev–Trinajstić information content (AvgIpc) is 2.78. The largest absolute Gasteiger partial charge is 0.314 e. The summed E-state index contributed by atoms with van der Waals surface area (Å²) < 4.78 is 27.7. The highest BCUT2D eigenvalue weighted by Crippen LogP contribution is 2.20. The number of aromatic nitrogens is 2. The van der Waals surface area contributed by atoms with Crippen LogP contribution in [0.25, 0.3) is 0 Å². The van der Waals surface area contributed by atoms with Crippen molar-refractivity contribution >= 4 is 10.0 Å². The molecular weight excluding hydrogens is 252 g/mol. The van der Waals surface area contributed by atoms with Crippen LogP contribution in [0.5, 0.6) is 0 Å². The zero-order valence-electron chi connectivity index (χ0n) is 10.8. The molecule has 0 saturated carbocycles. The van der Waals surface area contributed by atoms with Gasteiger partial charge in [-0.25, -0.2) is 8.42 Å². The van der Waals surface area contributed by atoms with Gasteiger partial charge in [0.2, 0.25) is 10.0 Å². The first-order chi connectivity index (χ1) is 8.54. The van der Waals surface area contributed by atoms with Crippen LogP contribution in [-0.2, 0) is 17.1 Å². The summed E-state index contributed by atoms with van der Waals surface area (Å²) in [5.74, 6) is 0. The molecular formula is C11H20N4O2S. The molecule has 1 N–H and O–H groups in total. The van der Waals surface area contributed by atoms with Crippen LogP contribution in [-0.4, -0.2) is 48.2 Å². The molecule has 0 atom stereocenters. The first-order valence-corrected chi connectivity index (χ1v) is 7.70. The Morgan fingerprint density at radius 1 is 1.44 bits per heavy atom. The van der Waals surface area contributed by atoms with E-state index in [1.54, 1.807) is 17.5 Å². The number of rotatable bonds is 4. The van der Waals surface area contributed by atoms with E-state index < -0.39 is 10.0 Å². The number of piperidine rings is 1. The molecule has 0 spiro atoms. The minimum Gasteiger partial charge on any atom is -0.314 e. The van der Waals surface area contributed by atoms with E-state index in [-0.39, 0.29) is 4.90 Å². The minimum atomic E-state index is -3.36. The van der Waals surface area contributed by atoms with Crippen molar-refractivity contribution < 1.29 is 8.42 Å². The molecule has 0 amide bonds. The molecule has 2 rings (SSSR count). The lowest BCUT2D eigenvalue weighted by atomic mass is 10.1. The second kappa shape index (κ2) is 5.38. The summed E-state index contributed by atoms with van der Waals surface area (Å²) in [4.78, 5) is 0.284. The first-order valence-electron chi connectivity index (χ1n) is 6.26. The van der Waals surface area contributed by atoms with Crippen molar-refractivity contribution in [3.63, 3.8) is 0 Å². The molecule has 0 radical (unpaired) electrons. The number of nitrogens with one attached hydrogen (secondary N) is 1. The Bertz CT molecular complexity index is 489. The molecule has 1 aliphatic heterocycles. The van der Waals surface area contributed by atoms with Gasteiger partial charge in [0.15, 0.2) is 0 Å². The highest BCUT2D eigenvalue weighted by Gasteiger charge is 2.29. The van der Waals surface area contributed by atoms with Gasteiger partial charge in [0.05, 0.1) is 6.20 Å². The van der Waals surface area contributed by atoms with Crippen molar-refractivity contribution in [3.05, 3.63) is 12.4 Å². The summed E-state index contributed by atoms with van der Waals surface area (Å²) in [5, 5.41) is 7.28. The number of nitrogens with zero attached hydrogens (tertiary/aromatic N) is 3. The quantitative estimate of drug-likeness (QED) is 0.849. The molecule has 0 aromatic carbocycles. The van der Waals surface area contributed by atoms with Crippen LogP contribution >= 0.6 is 0 Å². The highest BCUT2D eigenvalue weighted by atomic mass is 32.2. The summed E-state index contributed by atoms with van der Waals surface area (Å²) in [7, 11) is -1.64. The predicted molar refractivity (Wildman–Crippen MR) is 68.7 cm³/mol. The topological polar surface area (TPSA) is 67.2 Å². The van der Waals surface area contributed by atoms with Gasteiger partial charge in [-0.15, -0.1) is 0 Å². The maximum Gasteiger partial charge on any atom is 0.246 e. The van der Waals surface area contributed by atoms with Gasteiger partial charge in [0, 0.05) is 32.4 Å². The number of aryl methyl sites for hydroxylation is 1. The Morgan fingerprint density at radius 3 is 2.61 bits per heavy atom. The number of sulfonamides is 1. The normalized spacial score (nSPS) is 19.2. The van der Waals surface area contributed by atoms with Crippen molar-refractivity contribution in [1.82, 2.24) is 19.4 Å². The average molecular weight is 272 g/mol. The molecule has 1 fully saturated rings. The summed E-state index contributed by atoms with van der Waals surface area (Å²) in [6.45, 7) is 4.16. The summed E-state index contributed by atoms with van der Waals surface area (Å²) in [5.41, 5.74) is 0. The third kappa shape index (κ3) is 2.73. The van der Waals surface area contributed by atoms with E-state index in [0.717, 1.165) is 19.4 Å². The van der Waals surface area contributed by atoms with Crippen LogP contribution in [0, 0.1) is 0 Å². The highest BCUT2D eigenvalue weighted by molar-refractivity contribution is 7.89. The van der Waals surface area contributed by atoms with Crippen molar-refractivity contribution in [2.45, 2.75) is 30.7 Å². The lowest BCUT2D eigenvalue weighted by Crippen LogP contribution is -2.44. The van der Waals surface area contributed by atoms with Gasteiger partial charge in [-0.3, -0.25) is 4.68 Å². The van der Waals surface area contributed by atoms with Crippen LogP contribution in [0.2, 0.25) is 0 Å². The Hall–Kier alpha value is -0.920. The van der Waals surface area contributed by atoms with Gasteiger partial charge >= 0.3 is 0 Å². The molecule has 0 bridgehead atoms. The standard InChI is InChI=1S/C11H20N4O2S/c1-3-12-10-4-6-15(7-5-10)18(16,17)11-8-13-14(2)9-11/h8-10,12H,3-7H2,1-2H3. The zero-order valence-corrected chi connectivity index (χ0v) is 11.7. The van der Waals surface area contributed by atoms with Gasteiger partial charge in [-0.05, 0) is 19.4 Å². The molecule has 1 aromatic rings. The second-order valence-corrected chi connectivity index (χ2v) is 6.52. The van der Waals surface area contributed by atoms with Crippen molar-refractivity contribution in [2.75, 3.05) is 19.6 Å². The van der Waals surface area contributed by atoms with E-state index in [2.05, 4.69) is 17.3 Å². The van der Waals surface area contributed by atoms with E-state index in [1.165, 1.54) is 10.9 Å². The van der Waals surface area contributed by atoms with E-state index in [0.29, 0.717) is 19.1 Å². The molecule has 1 aliphatic rings. The molecule has 1 saturated heterocycles. The zero-order chi connectivity index (χ0) is 13.2. The SMILES string of the molecule is CCNC1CCN(S(=O)(=O)c2cnn(C)c2)CC1. The Kier molecular flexibility index (Phi) is 4.04. The third-order valence-electron chi connectivity index (χ3n) is 3.27. The molecule has 0 unspecified atom stereocenters. The Morgan fingerprint density at radius 2 is 2.11 bits per heavy atom. The summed E-state index contributed by atoms with van der Waals surface area (Å²) in [6, 6.07) is 0.440. The van der Waals surface area contributed by atoms with Crippen LogP contribution in [0.1, 0.15) is 19.8 Å². The van der Waals surface area contributed by atoms with Gasteiger partial charge in [0.25, 0.3) is 0 Å². The lowest BCUT2D eigenvalue weighted by Gasteiger charge is -2.31. The molecule has 1 aromatic heterocycles. The third-order valence-corrected chi connectivity index (χ3v) is 5.12. The van der Waals surface area contributed by atoms with E-state index in [9.17, 15) is 8.42 Å². The minimum absolute atomic E-state index is 0.284. The van der Waals surface area contributed by atoms with Crippen LogP contribution in [0.4, 0.5) is 0 Å². The lowest BCUT2D eigenvalue weighted by molar-refractivity contribution is 0.292. The number of hydrogen-bond acceptors (Lipinski definition) is 4. The molecule has 7 heteroatoms. The van der Waals surface area contributed by atoms with E-state index >= 15 is 0 Å². The Balaban J connectivity index is 2.05. The smallest absolute Gasteiger partial charge is 0.246 e. The second-order valence-electron chi connectivity index (χ2n) is 4.59. The van der Waals surface area contributed by atoms with E-state index in [1.807, 2.05) is 0 Å². The maximum atomic E-state index is 12.3. The molecule has 102 valence electrons. The fraction of sp³-hybridized carbons (Fsp3) is 0.727. The van der Waals surface area contributed by atoms with Gasteiger partial charge in [-0.1, -0.05) is 6.92 Å². The van der Waals surface area contributed by atoms with Gasteiger partial charge in [0.1, 0.15) is 4.90 Å². The van der Waals surface area contributed by atoms with Gasteiger partial charge < -0.3 is 5.32 Å². The molecule has 6 nitrogen and oxygen atoms in total. The van der Waals surface area contributed by atoms with Crippen molar-refractivity contribution in [2.24, 2.45) is 7.05 Å². The van der Waals surface area contributed by atoms with E-state index in [4.69, 9.17) is 0 Å². The van der Waals surface area contributed by atoms with Crippen LogP contribution < -0.4 is 5.32 Å². The summed E-state index contributed by atoms with van der Waals surface area (Å²) >= 11 is 0. The monoisotopic (exact) mass is 272 g/mol. The molecule has 18 heavy (non-hydrogen) atoms. The van der Waals surface area contributed by atoms with Crippen molar-refractivity contribution in [3.8, 4) is 0 Å². The van der Waals surface area contributed by atoms with Crippen molar-refractivity contribution in [1.29, 1.82) is 0 Å². The predicted octanol–water partition coefficient (Wildman–Crippen LogP) is 0.183. The van der Waals surface area contributed by atoms with Crippen LogP contribution in [0.15, 0.2) is 17.3 Å². The first kappa shape index (κ1) is 13.5. The molecule has 2 heterocycles. The number of hydrogen-bond donors (Lipinski definition) is 1.